The van der Waals surface area contributed by atoms with Gasteiger partial charge in [0.1, 0.15) is 5.69 Å². The number of aromatic nitrogens is 1. The van der Waals surface area contributed by atoms with E-state index in [1.54, 1.807) is 6.20 Å². The summed E-state index contributed by atoms with van der Waals surface area (Å²) in [6.45, 7) is 6.19. The molecule has 1 aromatic heterocycles. The van der Waals surface area contributed by atoms with Crippen LogP contribution in [0.2, 0.25) is 0 Å². The minimum Gasteiger partial charge on any atom is -0.409 e. The first-order valence-electron chi connectivity index (χ1n) is 6.34. The molecule has 0 aromatic carbocycles. The zero-order valence-corrected chi connectivity index (χ0v) is 11.1. The van der Waals surface area contributed by atoms with Crippen LogP contribution in [0.15, 0.2) is 23.5 Å². The van der Waals surface area contributed by atoms with Gasteiger partial charge in [-0.25, -0.2) is 0 Å². The number of amidine groups is 1. The highest BCUT2D eigenvalue weighted by Crippen LogP contribution is 2.06. The molecule has 0 bridgehead atoms. The van der Waals surface area contributed by atoms with E-state index in [1.807, 2.05) is 12.1 Å². The Bertz CT molecular complexity index is 388. The Morgan fingerprint density at radius 1 is 1.50 bits per heavy atom. The molecular formula is C13H22N4O. The fourth-order valence-electron chi connectivity index (χ4n) is 1.77. The summed E-state index contributed by atoms with van der Waals surface area (Å²) in [7, 11) is 0. The van der Waals surface area contributed by atoms with Crippen molar-refractivity contribution in [3.05, 3.63) is 29.6 Å². The first kappa shape index (κ1) is 14.4. The molecule has 1 rings (SSSR count). The van der Waals surface area contributed by atoms with Crippen LogP contribution in [-0.4, -0.2) is 22.6 Å². The smallest absolute Gasteiger partial charge is 0.188 e. The molecule has 0 atom stereocenters. The molecule has 5 nitrogen and oxygen atoms in total. The molecule has 0 saturated carbocycles. The molecule has 0 aliphatic carbocycles. The molecule has 4 N–H and O–H groups in total. The Labute approximate surface area is 108 Å². The molecule has 18 heavy (non-hydrogen) atoms. The molecule has 0 aliphatic heterocycles. The number of hydrogen-bond acceptors (Lipinski definition) is 4. The summed E-state index contributed by atoms with van der Waals surface area (Å²) in [5.74, 6) is 0.757. The number of pyridine rings is 1. The van der Waals surface area contributed by atoms with E-state index in [9.17, 15) is 0 Å². The van der Waals surface area contributed by atoms with E-state index >= 15 is 0 Å². The zero-order chi connectivity index (χ0) is 13.4. The SMILES string of the molecule is CCC(CC)CNCc1ccnc(/C(N)=N/O)c1. The average Bonchev–Trinajstić information content (AvgIpc) is 2.43. The van der Waals surface area contributed by atoms with Crippen molar-refractivity contribution >= 4 is 5.84 Å². The van der Waals surface area contributed by atoms with E-state index in [-0.39, 0.29) is 5.84 Å². The van der Waals surface area contributed by atoms with Gasteiger partial charge >= 0.3 is 0 Å². The van der Waals surface area contributed by atoms with Crippen LogP contribution in [-0.2, 0) is 6.54 Å². The zero-order valence-electron chi connectivity index (χ0n) is 11.1. The third-order valence-electron chi connectivity index (χ3n) is 3.11. The Balaban J connectivity index is 2.52. The van der Waals surface area contributed by atoms with Crippen molar-refractivity contribution in [1.29, 1.82) is 0 Å². The lowest BCUT2D eigenvalue weighted by atomic mass is 10.0. The highest BCUT2D eigenvalue weighted by Gasteiger charge is 2.04. The van der Waals surface area contributed by atoms with E-state index in [0.717, 1.165) is 24.6 Å². The van der Waals surface area contributed by atoms with Crippen LogP contribution in [0.4, 0.5) is 0 Å². The van der Waals surface area contributed by atoms with Crippen LogP contribution in [0.1, 0.15) is 37.9 Å². The molecule has 0 amide bonds. The monoisotopic (exact) mass is 250 g/mol. The van der Waals surface area contributed by atoms with Gasteiger partial charge in [-0.05, 0) is 30.2 Å². The number of nitrogens with two attached hydrogens (primary N) is 1. The minimum absolute atomic E-state index is 0.0387. The van der Waals surface area contributed by atoms with Gasteiger partial charge in [0.15, 0.2) is 5.84 Å². The summed E-state index contributed by atoms with van der Waals surface area (Å²) in [5, 5.41) is 15.0. The predicted octanol–water partition coefficient (Wildman–Crippen LogP) is 1.70. The van der Waals surface area contributed by atoms with Crippen molar-refractivity contribution < 1.29 is 5.21 Å². The molecule has 0 saturated heterocycles. The number of hydrogen-bond donors (Lipinski definition) is 3. The van der Waals surface area contributed by atoms with Gasteiger partial charge in [-0.2, -0.15) is 0 Å². The minimum atomic E-state index is 0.0387. The largest absolute Gasteiger partial charge is 0.409 e. The fourth-order valence-corrected chi connectivity index (χ4v) is 1.77. The molecule has 1 heterocycles. The maximum Gasteiger partial charge on any atom is 0.188 e. The number of nitrogens with zero attached hydrogens (tertiary/aromatic N) is 2. The molecule has 0 spiro atoms. The molecule has 0 unspecified atom stereocenters. The van der Waals surface area contributed by atoms with Crippen LogP contribution < -0.4 is 11.1 Å². The van der Waals surface area contributed by atoms with Gasteiger partial charge in [0.2, 0.25) is 0 Å². The van der Waals surface area contributed by atoms with Crippen molar-refractivity contribution in [2.45, 2.75) is 33.2 Å². The Hall–Kier alpha value is -1.62. The second-order valence-electron chi connectivity index (χ2n) is 4.35. The highest BCUT2D eigenvalue weighted by molar-refractivity contribution is 5.95. The Morgan fingerprint density at radius 3 is 2.83 bits per heavy atom. The van der Waals surface area contributed by atoms with Crippen LogP contribution in [0, 0.1) is 5.92 Å². The van der Waals surface area contributed by atoms with Crippen molar-refractivity contribution in [3.8, 4) is 0 Å². The quantitative estimate of drug-likeness (QED) is 0.298. The Morgan fingerprint density at radius 2 is 2.22 bits per heavy atom. The molecule has 1 aromatic rings. The lowest BCUT2D eigenvalue weighted by Crippen LogP contribution is -2.22. The van der Waals surface area contributed by atoms with Gasteiger partial charge in [0.25, 0.3) is 0 Å². The third-order valence-corrected chi connectivity index (χ3v) is 3.11. The topological polar surface area (TPSA) is 83.5 Å². The second-order valence-corrected chi connectivity index (χ2v) is 4.35. The first-order valence-corrected chi connectivity index (χ1v) is 6.34. The highest BCUT2D eigenvalue weighted by atomic mass is 16.4. The van der Waals surface area contributed by atoms with Crippen LogP contribution in [0.25, 0.3) is 0 Å². The van der Waals surface area contributed by atoms with Crippen molar-refractivity contribution in [3.63, 3.8) is 0 Å². The lowest BCUT2D eigenvalue weighted by Gasteiger charge is -2.13. The number of oxime groups is 1. The van der Waals surface area contributed by atoms with Crippen LogP contribution in [0.3, 0.4) is 0 Å². The maximum absolute atomic E-state index is 8.60. The Kier molecular flexibility index (Phi) is 6.14. The summed E-state index contributed by atoms with van der Waals surface area (Å²) in [6, 6.07) is 3.75. The predicted molar refractivity (Wildman–Crippen MR) is 72.5 cm³/mol. The van der Waals surface area contributed by atoms with Crippen molar-refractivity contribution in [1.82, 2.24) is 10.3 Å². The first-order chi connectivity index (χ1) is 8.71. The van der Waals surface area contributed by atoms with Gasteiger partial charge in [-0.3, -0.25) is 4.98 Å². The summed E-state index contributed by atoms with van der Waals surface area (Å²) >= 11 is 0. The normalized spacial score (nSPS) is 12.1. The number of rotatable bonds is 7. The summed E-state index contributed by atoms with van der Waals surface area (Å²) in [5.41, 5.74) is 7.08. The molecule has 0 fully saturated rings. The molecular weight excluding hydrogens is 228 g/mol. The standard InChI is InChI=1S/C13H22N4O/c1-3-10(4-2)8-15-9-11-5-6-16-12(7-11)13(14)17-18/h5-7,10,15,18H,3-4,8-9H2,1-2H3,(H2,14,17). The fraction of sp³-hybridized carbons (Fsp3) is 0.538. The second kappa shape index (κ2) is 7.66. The van der Waals surface area contributed by atoms with Gasteiger partial charge in [-0.15, -0.1) is 0 Å². The van der Waals surface area contributed by atoms with E-state index in [0.29, 0.717) is 5.69 Å². The van der Waals surface area contributed by atoms with E-state index < -0.39 is 0 Å². The van der Waals surface area contributed by atoms with Crippen molar-refractivity contribution in [2.75, 3.05) is 6.54 Å². The molecule has 0 radical (unpaired) electrons. The third kappa shape index (κ3) is 4.33. The summed E-state index contributed by atoms with van der Waals surface area (Å²) in [4.78, 5) is 4.04. The van der Waals surface area contributed by atoms with Gasteiger partial charge < -0.3 is 16.3 Å². The van der Waals surface area contributed by atoms with E-state index in [4.69, 9.17) is 10.9 Å². The van der Waals surface area contributed by atoms with Crippen molar-refractivity contribution in [2.24, 2.45) is 16.8 Å². The average molecular weight is 250 g/mol. The lowest BCUT2D eigenvalue weighted by molar-refractivity contribution is 0.318. The molecule has 100 valence electrons. The van der Waals surface area contributed by atoms with Gasteiger partial charge in [0, 0.05) is 12.7 Å². The van der Waals surface area contributed by atoms with E-state index in [1.165, 1.54) is 12.8 Å². The number of nitrogens with one attached hydrogen (secondary N) is 1. The summed E-state index contributed by atoms with van der Waals surface area (Å²) in [6.07, 6.45) is 4.05. The van der Waals surface area contributed by atoms with Gasteiger partial charge in [-0.1, -0.05) is 31.8 Å². The summed E-state index contributed by atoms with van der Waals surface area (Å²) < 4.78 is 0. The van der Waals surface area contributed by atoms with Crippen LogP contribution in [0.5, 0.6) is 0 Å². The van der Waals surface area contributed by atoms with Gasteiger partial charge in [0.05, 0.1) is 0 Å². The molecule has 0 aliphatic rings. The maximum atomic E-state index is 8.60. The molecule has 5 heteroatoms. The van der Waals surface area contributed by atoms with Crippen LogP contribution >= 0.6 is 0 Å². The van der Waals surface area contributed by atoms with E-state index in [2.05, 4.69) is 29.3 Å².